The molecule has 0 saturated heterocycles. The van der Waals surface area contributed by atoms with Crippen molar-refractivity contribution in [2.24, 2.45) is 0 Å². The van der Waals surface area contributed by atoms with E-state index in [-0.39, 0.29) is 327 Å². The van der Waals surface area contributed by atoms with Gasteiger partial charge in [0.25, 0.3) is 0 Å². The molecule has 0 bridgehead atoms. The van der Waals surface area contributed by atoms with Crippen molar-refractivity contribution in [1.29, 1.82) is 0 Å². The summed E-state index contributed by atoms with van der Waals surface area (Å²) in [4.78, 5) is 9.40. The molecule has 0 saturated carbocycles. The molecule has 0 spiro atoms. The minimum absolute atomic E-state index is 0. The molecule has 0 aliphatic heterocycles. The zero-order chi connectivity index (χ0) is 5.70. The van der Waals surface area contributed by atoms with Gasteiger partial charge in [0.2, 0.25) is 7.12 Å². The van der Waals surface area contributed by atoms with Crippen LogP contribution in [0.4, 0.5) is 0 Å². The largest absolute Gasteiger partial charge is 0.489 e. The molecule has 2 N–H and O–H groups in total. The third-order valence-corrected chi connectivity index (χ3v) is 0.362. The van der Waals surface area contributed by atoms with Crippen LogP contribution in [-0.4, -0.2) is 23.5 Å². The SMILES string of the molecule is O=C[CH-][CH-]B(O)O.[Y].[Y].[Y].[Y].[Y].[Y].[Y].[Y].[Y].[Y]. The number of carbonyl (C=O) groups is 1. The van der Waals surface area contributed by atoms with Crippen LogP contribution in [-0.2, 0) is 332 Å². The van der Waals surface area contributed by atoms with Gasteiger partial charge in [-0.3, -0.25) is 0 Å². The molecule has 70 valence electrons. The van der Waals surface area contributed by atoms with Crippen molar-refractivity contribution >= 4 is 13.4 Å². The Labute approximate surface area is 356 Å². The Kier molecular flexibility index (Phi) is 264. The van der Waals surface area contributed by atoms with E-state index in [0.29, 0.717) is 6.29 Å². The van der Waals surface area contributed by atoms with E-state index in [2.05, 4.69) is 0 Å². The maximum atomic E-state index is 9.40. The van der Waals surface area contributed by atoms with Gasteiger partial charge in [-0.15, -0.1) is 0 Å². The topological polar surface area (TPSA) is 57.5 Å². The number of carbonyl (C=O) groups excluding carboxylic acids is 1. The average molecular weight is 989 g/mol. The molecule has 0 rings (SSSR count). The molecule has 0 aliphatic carbocycles. The molecule has 0 aromatic rings. The van der Waals surface area contributed by atoms with Gasteiger partial charge in [0.1, 0.15) is 0 Å². The standard InChI is InChI=1S/C3H5BO3.10Y/c5-3-1-2-4(6)7;;;;;;;;;;/h1-3,6-7H;;;;;;;;;;/q-2;;;;;;;;;;. The van der Waals surface area contributed by atoms with Crippen LogP contribution in [0.3, 0.4) is 0 Å². The van der Waals surface area contributed by atoms with Crippen molar-refractivity contribution in [3.8, 4) is 0 Å². The smallest absolute Gasteiger partial charge is 0.240 e. The van der Waals surface area contributed by atoms with Gasteiger partial charge >= 0.3 is 0 Å². The molecule has 0 fully saturated rings. The molecule has 3 nitrogen and oxygen atoms in total. The van der Waals surface area contributed by atoms with Crippen molar-refractivity contribution in [2.45, 2.75) is 0 Å². The van der Waals surface area contributed by atoms with E-state index < -0.39 is 7.12 Å². The Bertz CT molecular complexity index is 70.8. The predicted octanol–water partition coefficient (Wildman–Crippen LogP) is -1.42. The molecule has 14 heteroatoms. The number of rotatable bonds is 3. The molecule has 17 heavy (non-hydrogen) atoms. The van der Waals surface area contributed by atoms with Gasteiger partial charge in [0, 0.05) is 327 Å². The third-order valence-electron chi connectivity index (χ3n) is 0.362. The minimum Gasteiger partial charge on any atom is -0.489 e. The van der Waals surface area contributed by atoms with Crippen molar-refractivity contribution in [3.05, 3.63) is 12.7 Å². The van der Waals surface area contributed by atoms with Crippen molar-refractivity contribution in [1.82, 2.24) is 0 Å². The fourth-order valence-corrected chi connectivity index (χ4v) is 0.145. The first kappa shape index (κ1) is 70.9. The zero-order valence-electron chi connectivity index (χ0n) is 9.39. The Morgan fingerprint density at radius 1 is 0.706 bits per heavy atom. The second-order valence-corrected chi connectivity index (χ2v) is 0.935. The van der Waals surface area contributed by atoms with Gasteiger partial charge in [-0.25, -0.2) is 0 Å². The van der Waals surface area contributed by atoms with E-state index in [1.165, 1.54) is 0 Å². The summed E-state index contributed by atoms with van der Waals surface area (Å²) in [5.74, 6) is 0. The van der Waals surface area contributed by atoms with E-state index >= 15 is 0 Å². The van der Waals surface area contributed by atoms with Crippen molar-refractivity contribution < 1.29 is 342 Å². The Balaban J connectivity index is -0.00000000400. The molecule has 0 unspecified atom stereocenters. The first-order chi connectivity index (χ1) is 3.27. The summed E-state index contributed by atoms with van der Waals surface area (Å²) in [7, 11) is -1.51. The number of aldehydes is 1. The summed E-state index contributed by atoms with van der Waals surface area (Å²) in [6.07, 6.45) is 2.46. The van der Waals surface area contributed by atoms with Crippen LogP contribution in [0.5, 0.6) is 0 Å². The van der Waals surface area contributed by atoms with Gasteiger partial charge in [-0.2, -0.15) is 0 Å². The first-order valence-corrected chi connectivity index (χ1v) is 1.75. The first-order valence-electron chi connectivity index (χ1n) is 1.75. The molecule has 0 heterocycles. The third kappa shape index (κ3) is 75.6. The van der Waals surface area contributed by atoms with E-state index in [1.54, 1.807) is 0 Å². The molecule has 0 amide bonds. The van der Waals surface area contributed by atoms with Crippen LogP contribution >= 0.6 is 0 Å². The average Bonchev–Trinajstić information content (AvgIpc) is 1.61. The van der Waals surface area contributed by atoms with Gasteiger partial charge < -0.3 is 27.6 Å². The Morgan fingerprint density at radius 3 is 1.00 bits per heavy atom. The van der Waals surface area contributed by atoms with Gasteiger partial charge in [0.15, 0.2) is 0 Å². The Hall–Kier alpha value is 10.6. The van der Waals surface area contributed by atoms with Crippen molar-refractivity contribution in [3.63, 3.8) is 0 Å². The van der Waals surface area contributed by atoms with Crippen LogP contribution in [0.15, 0.2) is 0 Å². The monoisotopic (exact) mass is 989 g/mol. The fraction of sp³-hybridized carbons (Fsp3) is 0. The van der Waals surface area contributed by atoms with Crippen molar-refractivity contribution in [2.75, 3.05) is 0 Å². The van der Waals surface area contributed by atoms with Crippen LogP contribution in [0.1, 0.15) is 0 Å². The molecule has 0 aromatic carbocycles. The summed E-state index contributed by atoms with van der Waals surface area (Å²) < 4.78 is 0. The van der Waals surface area contributed by atoms with E-state index in [9.17, 15) is 4.79 Å². The van der Waals surface area contributed by atoms with E-state index in [1.807, 2.05) is 0 Å². The van der Waals surface area contributed by atoms with Gasteiger partial charge in [0.05, 0.1) is 0 Å². The molecule has 10 radical (unpaired) electrons. The summed E-state index contributed by atoms with van der Waals surface area (Å²) in [6.45, 7) is 0. The maximum Gasteiger partial charge on any atom is 0.240 e. The Morgan fingerprint density at radius 2 is 0.941 bits per heavy atom. The fourth-order valence-electron chi connectivity index (χ4n) is 0.145. The van der Waals surface area contributed by atoms with E-state index in [4.69, 9.17) is 10.0 Å². The summed E-state index contributed by atoms with van der Waals surface area (Å²) in [5.41, 5.74) is 0. The maximum absolute atomic E-state index is 9.40. The van der Waals surface area contributed by atoms with Crippen LogP contribution in [0.2, 0.25) is 0 Å². The zero-order valence-corrected chi connectivity index (χ0v) is 37.8. The second kappa shape index (κ2) is 63.3. The van der Waals surface area contributed by atoms with Gasteiger partial charge in [-0.1, -0.05) is 0 Å². The quantitative estimate of drug-likeness (QED) is 0.208. The molecule has 0 aromatic heterocycles. The number of hydrogen-bond acceptors (Lipinski definition) is 3. The van der Waals surface area contributed by atoms with Crippen LogP contribution in [0, 0.1) is 12.7 Å². The van der Waals surface area contributed by atoms with E-state index in [0.717, 1.165) is 12.7 Å². The summed E-state index contributed by atoms with van der Waals surface area (Å²) in [6, 6.07) is 0. The second-order valence-electron chi connectivity index (χ2n) is 0.935. The number of hydrogen-bond donors (Lipinski definition) is 2. The molecule has 0 aliphatic rings. The normalized spacial score (nSPS) is 3.18. The molecule has 0 atom stereocenters. The summed E-state index contributed by atoms with van der Waals surface area (Å²) >= 11 is 0. The predicted molar refractivity (Wildman–Crippen MR) is 24.9 cm³/mol. The van der Waals surface area contributed by atoms with Crippen LogP contribution < -0.4 is 0 Å². The molecular formula is C3H5BO3Y10-2. The van der Waals surface area contributed by atoms with Gasteiger partial charge in [-0.05, 0) is 6.29 Å². The summed E-state index contributed by atoms with van der Waals surface area (Å²) in [5, 5.41) is 16.0. The molecular weight excluding hydrogens is 984 g/mol. The van der Waals surface area contributed by atoms with Crippen LogP contribution in [0.25, 0.3) is 0 Å². The minimum atomic E-state index is -1.51.